The van der Waals surface area contributed by atoms with Crippen LogP contribution in [0.1, 0.15) is 142 Å². The average Bonchev–Trinajstić information content (AvgIpc) is 3.07. The van der Waals surface area contributed by atoms with Gasteiger partial charge in [-0.1, -0.05) is 71.1 Å². The number of ether oxygens (including phenoxy) is 4. The molecule has 0 aliphatic rings. The maximum Gasteiger partial charge on any atom is 0.123 e. The van der Waals surface area contributed by atoms with E-state index in [-0.39, 0.29) is 6.04 Å². The zero-order valence-corrected chi connectivity index (χ0v) is 31.2. The van der Waals surface area contributed by atoms with Gasteiger partial charge in [0.05, 0.1) is 44.0 Å². The number of aryl methyl sites for hydroxylation is 1. The lowest BCUT2D eigenvalue weighted by Crippen LogP contribution is -2.25. The molecule has 0 spiro atoms. The molecule has 7 nitrogen and oxygen atoms in total. The van der Waals surface area contributed by atoms with Crippen LogP contribution < -0.4 is 18.9 Å². The Hall–Kier alpha value is -3.27. The Morgan fingerprint density at radius 2 is 1.06 bits per heavy atom. The summed E-state index contributed by atoms with van der Waals surface area (Å²) in [5, 5.41) is 19.7. The van der Waals surface area contributed by atoms with Crippen LogP contribution in [0.3, 0.4) is 0 Å². The van der Waals surface area contributed by atoms with Crippen LogP contribution in [-0.2, 0) is 11.8 Å². The van der Waals surface area contributed by atoms with Gasteiger partial charge in [-0.25, -0.2) is 0 Å². The molecule has 0 aromatic heterocycles. The smallest absolute Gasteiger partial charge is 0.123 e. The highest BCUT2D eigenvalue weighted by Gasteiger charge is 2.33. The van der Waals surface area contributed by atoms with E-state index >= 15 is 0 Å². The first-order valence-electron chi connectivity index (χ1n) is 19.0. The molecule has 0 aliphatic carbocycles. The molecule has 0 aliphatic heterocycles. The van der Waals surface area contributed by atoms with Crippen molar-refractivity contribution in [1.82, 2.24) is 0 Å². The maximum atomic E-state index is 10.9. The summed E-state index contributed by atoms with van der Waals surface area (Å²) in [5.41, 5.74) is 1.55. The van der Waals surface area contributed by atoms with Crippen LogP contribution in [-0.4, -0.2) is 39.5 Å². The topological polar surface area (TPSA) is 85.4 Å². The second kappa shape index (κ2) is 24.8. The second-order valence-corrected chi connectivity index (χ2v) is 12.8. The summed E-state index contributed by atoms with van der Waals surface area (Å²) >= 11 is 0. The molecular formula is C41H65N3O4. The Bertz CT molecular complexity index is 1160. The first-order chi connectivity index (χ1) is 23.5. The Balaban J connectivity index is 2.15. The minimum Gasteiger partial charge on any atom is -0.494 e. The predicted octanol–water partition coefficient (Wildman–Crippen LogP) is 11.6. The fourth-order valence-electron chi connectivity index (χ4n) is 6.52. The van der Waals surface area contributed by atoms with Crippen molar-refractivity contribution in [2.75, 3.05) is 33.5 Å². The minimum atomic E-state index is -0.620. The molecule has 2 unspecified atom stereocenters. The zero-order chi connectivity index (χ0) is 34.9. The van der Waals surface area contributed by atoms with Gasteiger partial charge in [0.15, 0.2) is 0 Å². The number of rotatable bonds is 28. The highest BCUT2D eigenvalue weighted by atomic mass is 16.5. The van der Waals surface area contributed by atoms with Gasteiger partial charge in [0.2, 0.25) is 0 Å². The van der Waals surface area contributed by atoms with Crippen LogP contribution >= 0.6 is 0 Å². The van der Waals surface area contributed by atoms with Crippen molar-refractivity contribution in [1.29, 1.82) is 5.26 Å². The summed E-state index contributed by atoms with van der Waals surface area (Å²) in [7, 11) is 1.75. The van der Waals surface area contributed by atoms with E-state index in [1.807, 2.05) is 39.8 Å². The average molecular weight is 664 g/mol. The standard InChI is InChI=1S/C41H65N3O4/c1-7-12-13-14-15-16-17-18-19-20-25-41(33-42,35-29-39(47-10-4)32-40(30-35)48-11-5)26-21-22-36(44-43-6)24-23-34-27-37(45-8-2)31-38(28-34)46-9-3/h27-32,36H,7-26H2,1-6H3/b44-43+. The molecular weight excluding hydrogens is 598 g/mol. The molecule has 0 amide bonds. The number of nitrogens with zero attached hydrogens (tertiary/aromatic N) is 3. The Morgan fingerprint density at radius 1 is 0.604 bits per heavy atom. The van der Waals surface area contributed by atoms with E-state index in [4.69, 9.17) is 18.9 Å². The summed E-state index contributed by atoms with van der Waals surface area (Å²) in [5.74, 6) is 3.19. The van der Waals surface area contributed by atoms with Crippen LogP contribution in [0.15, 0.2) is 46.6 Å². The lowest BCUT2D eigenvalue weighted by molar-refractivity contribution is 0.319. The molecule has 2 atom stereocenters. The molecule has 2 aromatic carbocycles. The Morgan fingerprint density at radius 3 is 1.52 bits per heavy atom. The van der Waals surface area contributed by atoms with Crippen molar-refractivity contribution in [2.24, 2.45) is 10.2 Å². The fourth-order valence-corrected chi connectivity index (χ4v) is 6.52. The summed E-state index contributed by atoms with van der Waals surface area (Å²) in [4.78, 5) is 0. The minimum absolute atomic E-state index is 0.0729. The monoisotopic (exact) mass is 663 g/mol. The van der Waals surface area contributed by atoms with Gasteiger partial charge in [-0.05, 0) is 102 Å². The number of unbranched alkanes of at least 4 members (excludes halogenated alkanes) is 9. The molecule has 0 radical (unpaired) electrons. The molecule has 0 bridgehead atoms. The van der Waals surface area contributed by atoms with Gasteiger partial charge in [-0.3, -0.25) is 0 Å². The molecule has 0 saturated carbocycles. The van der Waals surface area contributed by atoms with Crippen LogP contribution in [0, 0.1) is 11.3 Å². The second-order valence-electron chi connectivity index (χ2n) is 12.8. The van der Waals surface area contributed by atoms with Crippen molar-refractivity contribution < 1.29 is 18.9 Å². The quantitative estimate of drug-likeness (QED) is 0.0668. The van der Waals surface area contributed by atoms with E-state index in [9.17, 15) is 5.26 Å². The number of nitriles is 1. The van der Waals surface area contributed by atoms with Crippen LogP contribution in [0.2, 0.25) is 0 Å². The normalized spacial score (nSPS) is 13.2. The lowest BCUT2D eigenvalue weighted by atomic mass is 9.73. The summed E-state index contributed by atoms with van der Waals surface area (Å²) < 4.78 is 23.5. The van der Waals surface area contributed by atoms with E-state index in [0.29, 0.717) is 26.4 Å². The molecule has 0 heterocycles. The molecule has 0 saturated heterocycles. The third kappa shape index (κ3) is 15.3. The van der Waals surface area contributed by atoms with Gasteiger partial charge in [0, 0.05) is 19.2 Å². The molecule has 0 fully saturated rings. The lowest BCUT2D eigenvalue weighted by Gasteiger charge is -2.29. The van der Waals surface area contributed by atoms with Gasteiger partial charge in [-0.2, -0.15) is 15.5 Å². The van der Waals surface area contributed by atoms with Gasteiger partial charge < -0.3 is 18.9 Å². The van der Waals surface area contributed by atoms with Gasteiger partial charge in [0.1, 0.15) is 23.0 Å². The zero-order valence-electron chi connectivity index (χ0n) is 31.2. The molecule has 48 heavy (non-hydrogen) atoms. The van der Waals surface area contributed by atoms with Crippen LogP contribution in [0.4, 0.5) is 0 Å². The number of hydrogen-bond donors (Lipinski definition) is 0. The Kier molecular flexibility index (Phi) is 21.1. The van der Waals surface area contributed by atoms with Crippen LogP contribution in [0.25, 0.3) is 0 Å². The van der Waals surface area contributed by atoms with E-state index in [0.717, 1.165) is 79.9 Å². The van der Waals surface area contributed by atoms with Gasteiger partial charge >= 0.3 is 0 Å². The van der Waals surface area contributed by atoms with Crippen molar-refractivity contribution in [3.05, 3.63) is 47.5 Å². The Labute approximate surface area is 292 Å². The number of benzene rings is 2. The highest BCUT2D eigenvalue weighted by Crippen LogP contribution is 2.39. The molecule has 2 aromatic rings. The van der Waals surface area contributed by atoms with E-state index in [1.54, 1.807) is 7.05 Å². The first-order valence-corrected chi connectivity index (χ1v) is 19.0. The number of hydrogen-bond acceptors (Lipinski definition) is 7. The largest absolute Gasteiger partial charge is 0.494 e. The highest BCUT2D eigenvalue weighted by molar-refractivity contribution is 5.45. The molecule has 0 N–H and O–H groups in total. The number of azo groups is 1. The fraction of sp³-hybridized carbons (Fsp3) is 0.683. The molecule has 7 heteroatoms. The summed E-state index contributed by atoms with van der Waals surface area (Å²) in [6.07, 6.45) is 17.8. The maximum absolute atomic E-state index is 10.9. The SMILES string of the molecule is CCCCCCCCCCCCC(C#N)(CCCC(CCc1cc(OCC)cc(OCC)c1)/N=N/C)c1cc(OCC)cc(OCC)c1. The van der Waals surface area contributed by atoms with E-state index in [2.05, 4.69) is 47.5 Å². The third-order valence-electron chi connectivity index (χ3n) is 8.97. The van der Waals surface area contributed by atoms with Crippen molar-refractivity contribution in [3.63, 3.8) is 0 Å². The third-order valence-corrected chi connectivity index (χ3v) is 8.97. The summed E-state index contributed by atoms with van der Waals surface area (Å²) in [6.45, 7) is 12.6. The predicted molar refractivity (Wildman–Crippen MR) is 198 cm³/mol. The van der Waals surface area contributed by atoms with E-state index < -0.39 is 5.41 Å². The molecule has 268 valence electrons. The first kappa shape index (κ1) is 40.9. The summed E-state index contributed by atoms with van der Waals surface area (Å²) in [6, 6.07) is 15.1. The van der Waals surface area contributed by atoms with Crippen molar-refractivity contribution >= 4 is 0 Å². The van der Waals surface area contributed by atoms with Gasteiger partial charge in [-0.15, -0.1) is 0 Å². The van der Waals surface area contributed by atoms with Crippen molar-refractivity contribution in [3.8, 4) is 29.1 Å². The molecule has 2 rings (SSSR count). The van der Waals surface area contributed by atoms with Gasteiger partial charge in [0.25, 0.3) is 0 Å². The van der Waals surface area contributed by atoms with Crippen LogP contribution in [0.5, 0.6) is 23.0 Å². The van der Waals surface area contributed by atoms with Crippen molar-refractivity contribution in [2.45, 2.75) is 149 Å². The van der Waals surface area contributed by atoms with E-state index in [1.165, 1.54) is 56.9 Å².